The van der Waals surface area contributed by atoms with Crippen molar-refractivity contribution in [2.24, 2.45) is 0 Å². The largest absolute Gasteiger partial charge is 0.383 e. The summed E-state index contributed by atoms with van der Waals surface area (Å²) in [6, 6.07) is 8.10. The average Bonchev–Trinajstić information content (AvgIpc) is 2.28. The van der Waals surface area contributed by atoms with Gasteiger partial charge in [0.1, 0.15) is 18.0 Å². The minimum absolute atomic E-state index is 0.504. The number of nitrogen functional groups attached to an aromatic ring is 1. The maximum absolute atomic E-state index is 5.71. The van der Waals surface area contributed by atoms with Crippen molar-refractivity contribution in [3.8, 4) is 0 Å². The van der Waals surface area contributed by atoms with E-state index in [1.165, 1.54) is 11.9 Å². The lowest BCUT2D eigenvalue weighted by molar-refractivity contribution is 1.14. The van der Waals surface area contributed by atoms with Gasteiger partial charge in [-0.2, -0.15) is 0 Å². The van der Waals surface area contributed by atoms with Gasteiger partial charge in [0.15, 0.2) is 0 Å². The molecule has 0 amide bonds. The number of nitrogens with two attached hydrogens (primary N) is 1. The highest BCUT2D eigenvalue weighted by Crippen LogP contribution is 2.20. The van der Waals surface area contributed by atoms with Crippen LogP contribution >= 0.6 is 0 Å². The standard InChI is InChI=1S/C12H14N4/c1-8-3-5-10(6-4-8)16-12-9(2)11(13)14-7-15-12/h3-7H,1-2H3,(H3,13,14,15,16). The molecule has 0 radical (unpaired) electrons. The molecule has 0 atom stereocenters. The van der Waals surface area contributed by atoms with Crippen molar-refractivity contribution in [3.05, 3.63) is 41.7 Å². The first-order valence-corrected chi connectivity index (χ1v) is 5.07. The zero-order chi connectivity index (χ0) is 11.5. The van der Waals surface area contributed by atoms with Crippen molar-refractivity contribution in [2.45, 2.75) is 13.8 Å². The topological polar surface area (TPSA) is 63.8 Å². The van der Waals surface area contributed by atoms with Gasteiger partial charge in [-0.15, -0.1) is 0 Å². The van der Waals surface area contributed by atoms with Crippen LogP contribution in [-0.4, -0.2) is 9.97 Å². The molecular weight excluding hydrogens is 200 g/mol. The summed E-state index contributed by atoms with van der Waals surface area (Å²) in [4.78, 5) is 8.08. The summed E-state index contributed by atoms with van der Waals surface area (Å²) in [7, 11) is 0. The molecule has 0 saturated carbocycles. The summed E-state index contributed by atoms with van der Waals surface area (Å²) < 4.78 is 0. The van der Waals surface area contributed by atoms with Gasteiger partial charge in [0, 0.05) is 11.3 Å². The number of nitrogens with zero attached hydrogens (tertiary/aromatic N) is 2. The molecule has 4 heteroatoms. The van der Waals surface area contributed by atoms with Crippen LogP contribution in [0.5, 0.6) is 0 Å². The summed E-state index contributed by atoms with van der Waals surface area (Å²) >= 11 is 0. The molecule has 0 aliphatic heterocycles. The molecule has 0 bridgehead atoms. The Hall–Kier alpha value is -2.10. The predicted octanol–water partition coefficient (Wildman–Crippen LogP) is 2.42. The molecule has 2 rings (SSSR count). The van der Waals surface area contributed by atoms with Gasteiger partial charge in [-0.1, -0.05) is 17.7 Å². The van der Waals surface area contributed by atoms with E-state index in [2.05, 4.69) is 22.2 Å². The lowest BCUT2D eigenvalue weighted by Gasteiger charge is -2.09. The molecule has 1 heterocycles. The van der Waals surface area contributed by atoms with Crippen molar-refractivity contribution < 1.29 is 0 Å². The number of hydrogen-bond acceptors (Lipinski definition) is 4. The highest BCUT2D eigenvalue weighted by molar-refractivity contribution is 5.63. The molecule has 3 N–H and O–H groups in total. The van der Waals surface area contributed by atoms with Gasteiger partial charge in [-0.3, -0.25) is 0 Å². The van der Waals surface area contributed by atoms with Crippen LogP contribution in [-0.2, 0) is 0 Å². The third-order valence-electron chi connectivity index (χ3n) is 2.44. The van der Waals surface area contributed by atoms with Crippen molar-refractivity contribution >= 4 is 17.3 Å². The molecule has 82 valence electrons. The average molecular weight is 214 g/mol. The Bertz CT molecular complexity index is 491. The molecule has 16 heavy (non-hydrogen) atoms. The summed E-state index contributed by atoms with van der Waals surface area (Å²) in [6.45, 7) is 3.95. The fraction of sp³-hybridized carbons (Fsp3) is 0.167. The fourth-order valence-corrected chi connectivity index (χ4v) is 1.36. The predicted molar refractivity (Wildman–Crippen MR) is 65.6 cm³/mol. The first kappa shape index (κ1) is 10.4. The molecule has 0 aliphatic rings. The molecule has 0 aliphatic carbocycles. The number of benzene rings is 1. The maximum Gasteiger partial charge on any atom is 0.138 e. The summed E-state index contributed by atoms with van der Waals surface area (Å²) in [6.07, 6.45) is 1.46. The van der Waals surface area contributed by atoms with Crippen LogP contribution in [0.25, 0.3) is 0 Å². The van der Waals surface area contributed by atoms with Gasteiger partial charge < -0.3 is 11.1 Å². The van der Waals surface area contributed by atoms with E-state index in [9.17, 15) is 0 Å². The molecular formula is C12H14N4. The molecule has 0 unspecified atom stereocenters. The Morgan fingerprint density at radius 3 is 2.44 bits per heavy atom. The lowest BCUT2D eigenvalue weighted by atomic mass is 10.2. The number of hydrogen-bond donors (Lipinski definition) is 2. The van der Waals surface area contributed by atoms with Gasteiger partial charge in [0.25, 0.3) is 0 Å². The molecule has 0 fully saturated rings. The van der Waals surface area contributed by atoms with E-state index in [-0.39, 0.29) is 0 Å². The summed E-state index contributed by atoms with van der Waals surface area (Å²) in [5, 5.41) is 3.21. The van der Waals surface area contributed by atoms with E-state index in [0.29, 0.717) is 5.82 Å². The second-order valence-electron chi connectivity index (χ2n) is 3.72. The first-order valence-electron chi connectivity index (χ1n) is 5.07. The number of aryl methyl sites for hydroxylation is 1. The molecule has 1 aromatic heterocycles. The van der Waals surface area contributed by atoms with Gasteiger partial charge in [-0.25, -0.2) is 9.97 Å². The van der Waals surface area contributed by atoms with Crippen LogP contribution in [0.15, 0.2) is 30.6 Å². The van der Waals surface area contributed by atoms with E-state index in [0.717, 1.165) is 17.1 Å². The quantitative estimate of drug-likeness (QED) is 0.805. The fourth-order valence-electron chi connectivity index (χ4n) is 1.36. The number of aromatic nitrogens is 2. The first-order chi connectivity index (χ1) is 7.66. The van der Waals surface area contributed by atoms with Gasteiger partial charge >= 0.3 is 0 Å². The van der Waals surface area contributed by atoms with E-state index in [1.54, 1.807) is 0 Å². The molecule has 1 aromatic carbocycles. The van der Waals surface area contributed by atoms with E-state index < -0.39 is 0 Å². The molecule has 0 spiro atoms. The van der Waals surface area contributed by atoms with Crippen molar-refractivity contribution in [2.75, 3.05) is 11.1 Å². The second-order valence-corrected chi connectivity index (χ2v) is 3.72. The SMILES string of the molecule is Cc1ccc(Nc2ncnc(N)c2C)cc1. The van der Waals surface area contributed by atoms with Gasteiger partial charge in [0.05, 0.1) is 0 Å². The Morgan fingerprint density at radius 2 is 1.75 bits per heavy atom. The van der Waals surface area contributed by atoms with Gasteiger partial charge in [0.2, 0.25) is 0 Å². The summed E-state index contributed by atoms with van der Waals surface area (Å²) in [5.41, 5.74) is 8.79. The number of rotatable bonds is 2. The molecule has 4 nitrogen and oxygen atoms in total. The highest BCUT2D eigenvalue weighted by atomic mass is 15.0. The zero-order valence-corrected chi connectivity index (χ0v) is 9.36. The molecule has 0 saturated heterocycles. The normalized spacial score (nSPS) is 10.1. The van der Waals surface area contributed by atoms with Crippen LogP contribution in [0, 0.1) is 13.8 Å². The lowest BCUT2D eigenvalue weighted by Crippen LogP contribution is -2.01. The molecule has 2 aromatic rings. The number of anilines is 3. The Balaban J connectivity index is 2.27. The van der Waals surface area contributed by atoms with Crippen molar-refractivity contribution in [3.63, 3.8) is 0 Å². The Labute approximate surface area is 94.5 Å². The second kappa shape index (κ2) is 4.18. The van der Waals surface area contributed by atoms with Crippen LogP contribution in [0.4, 0.5) is 17.3 Å². The van der Waals surface area contributed by atoms with E-state index in [1.807, 2.05) is 31.2 Å². The maximum atomic E-state index is 5.71. The zero-order valence-electron chi connectivity index (χ0n) is 9.36. The number of nitrogens with one attached hydrogen (secondary N) is 1. The summed E-state index contributed by atoms with van der Waals surface area (Å²) in [5.74, 6) is 1.25. The monoisotopic (exact) mass is 214 g/mol. The third-order valence-corrected chi connectivity index (χ3v) is 2.44. The van der Waals surface area contributed by atoms with Crippen LogP contribution in [0.2, 0.25) is 0 Å². The Morgan fingerprint density at radius 1 is 1.06 bits per heavy atom. The third kappa shape index (κ3) is 2.11. The van der Waals surface area contributed by atoms with Crippen molar-refractivity contribution in [1.29, 1.82) is 0 Å². The van der Waals surface area contributed by atoms with Crippen LogP contribution in [0.1, 0.15) is 11.1 Å². The minimum Gasteiger partial charge on any atom is -0.383 e. The van der Waals surface area contributed by atoms with Crippen LogP contribution in [0.3, 0.4) is 0 Å². The van der Waals surface area contributed by atoms with Crippen molar-refractivity contribution in [1.82, 2.24) is 9.97 Å². The smallest absolute Gasteiger partial charge is 0.138 e. The Kier molecular flexibility index (Phi) is 2.72. The van der Waals surface area contributed by atoms with E-state index in [4.69, 9.17) is 5.73 Å². The minimum atomic E-state index is 0.504. The highest BCUT2D eigenvalue weighted by Gasteiger charge is 2.03. The van der Waals surface area contributed by atoms with Crippen LogP contribution < -0.4 is 11.1 Å². The van der Waals surface area contributed by atoms with E-state index >= 15 is 0 Å². The van der Waals surface area contributed by atoms with Gasteiger partial charge in [-0.05, 0) is 26.0 Å².